The monoisotopic (exact) mass is 301 g/mol. The molecular weight excluding hydrogens is 289 g/mol. The fourth-order valence-corrected chi connectivity index (χ4v) is 1.93. The lowest BCUT2D eigenvalue weighted by Gasteiger charge is -2.10. The Bertz CT molecular complexity index is 517. The lowest BCUT2D eigenvalue weighted by Crippen LogP contribution is -2.27. The predicted octanol–water partition coefficient (Wildman–Crippen LogP) is 2.14. The van der Waals surface area contributed by atoms with Crippen LogP contribution < -0.4 is 5.32 Å². The maximum absolute atomic E-state index is 13.4. The summed E-state index contributed by atoms with van der Waals surface area (Å²) in [6.07, 6.45) is 0.781. The van der Waals surface area contributed by atoms with Gasteiger partial charge in [0, 0.05) is 11.6 Å². The van der Waals surface area contributed by atoms with Crippen LogP contribution in [0.15, 0.2) is 18.2 Å². The van der Waals surface area contributed by atoms with E-state index >= 15 is 0 Å². The molecule has 1 heterocycles. The van der Waals surface area contributed by atoms with Gasteiger partial charge in [-0.05, 0) is 31.0 Å². The summed E-state index contributed by atoms with van der Waals surface area (Å²) in [6.45, 7) is 0.0305. The molecule has 1 fully saturated rings. The predicted molar refractivity (Wildman–Crippen MR) is 70.0 cm³/mol. The highest BCUT2D eigenvalue weighted by molar-refractivity contribution is 6.30. The van der Waals surface area contributed by atoms with Crippen LogP contribution in [0.1, 0.15) is 12.8 Å². The Kier molecular flexibility index (Phi) is 4.92. The summed E-state index contributed by atoms with van der Waals surface area (Å²) < 4.78 is 23.3. The van der Waals surface area contributed by atoms with E-state index < -0.39 is 30.4 Å². The molecule has 1 N–H and O–H groups in total. The van der Waals surface area contributed by atoms with Crippen LogP contribution in [-0.2, 0) is 19.1 Å². The summed E-state index contributed by atoms with van der Waals surface area (Å²) in [6, 6.07) is 3.85. The van der Waals surface area contributed by atoms with Crippen LogP contribution in [0.3, 0.4) is 0 Å². The topological polar surface area (TPSA) is 64.6 Å². The van der Waals surface area contributed by atoms with Gasteiger partial charge in [-0.3, -0.25) is 4.79 Å². The van der Waals surface area contributed by atoms with Crippen LogP contribution in [-0.4, -0.2) is 31.2 Å². The van der Waals surface area contributed by atoms with Gasteiger partial charge in [-0.1, -0.05) is 11.6 Å². The number of esters is 1. The molecule has 0 bridgehead atoms. The van der Waals surface area contributed by atoms with Crippen molar-refractivity contribution in [3.05, 3.63) is 29.0 Å². The van der Waals surface area contributed by atoms with E-state index in [0.29, 0.717) is 13.0 Å². The van der Waals surface area contributed by atoms with Crippen molar-refractivity contribution < 1.29 is 23.5 Å². The van der Waals surface area contributed by atoms with Gasteiger partial charge in [-0.25, -0.2) is 9.18 Å². The Morgan fingerprint density at radius 2 is 2.30 bits per heavy atom. The second-order valence-electron chi connectivity index (χ2n) is 4.28. The number of amides is 1. The molecule has 1 aromatic rings. The summed E-state index contributed by atoms with van der Waals surface area (Å²) in [5.41, 5.74) is -0.0208. The summed E-state index contributed by atoms with van der Waals surface area (Å²) in [5, 5.41) is 2.52. The van der Waals surface area contributed by atoms with E-state index in [-0.39, 0.29) is 10.7 Å². The van der Waals surface area contributed by atoms with Crippen LogP contribution >= 0.6 is 11.6 Å². The van der Waals surface area contributed by atoms with Gasteiger partial charge in [0.05, 0.1) is 5.69 Å². The minimum absolute atomic E-state index is 0.0208. The molecule has 0 saturated carbocycles. The SMILES string of the molecule is O=C(COC(=O)[C@@H]1CCCO1)Nc1ccc(Cl)cc1F. The van der Waals surface area contributed by atoms with Crippen LogP contribution in [0, 0.1) is 5.82 Å². The minimum Gasteiger partial charge on any atom is -0.454 e. The van der Waals surface area contributed by atoms with Crippen molar-refractivity contribution in [1.82, 2.24) is 0 Å². The molecule has 1 aliphatic rings. The molecule has 5 nitrogen and oxygen atoms in total. The van der Waals surface area contributed by atoms with Crippen molar-refractivity contribution in [2.24, 2.45) is 0 Å². The molecule has 0 aromatic heterocycles. The Labute approximate surface area is 120 Å². The average molecular weight is 302 g/mol. The van der Waals surface area contributed by atoms with Crippen molar-refractivity contribution >= 4 is 29.2 Å². The van der Waals surface area contributed by atoms with Crippen molar-refractivity contribution in [1.29, 1.82) is 0 Å². The third kappa shape index (κ3) is 3.91. The number of carbonyl (C=O) groups is 2. The second kappa shape index (κ2) is 6.67. The van der Waals surface area contributed by atoms with E-state index in [1.165, 1.54) is 12.1 Å². The van der Waals surface area contributed by atoms with Gasteiger partial charge in [0.2, 0.25) is 0 Å². The van der Waals surface area contributed by atoms with Crippen molar-refractivity contribution in [2.45, 2.75) is 18.9 Å². The highest BCUT2D eigenvalue weighted by atomic mass is 35.5. The fourth-order valence-electron chi connectivity index (χ4n) is 1.77. The minimum atomic E-state index is -0.656. The highest BCUT2D eigenvalue weighted by Gasteiger charge is 2.25. The molecule has 7 heteroatoms. The van der Waals surface area contributed by atoms with Crippen LogP contribution in [0.5, 0.6) is 0 Å². The van der Waals surface area contributed by atoms with Gasteiger partial charge in [-0.15, -0.1) is 0 Å². The first-order valence-corrected chi connectivity index (χ1v) is 6.47. The number of nitrogens with one attached hydrogen (secondary N) is 1. The third-order valence-corrected chi connectivity index (χ3v) is 2.98. The van der Waals surface area contributed by atoms with E-state index in [0.717, 1.165) is 12.5 Å². The highest BCUT2D eigenvalue weighted by Crippen LogP contribution is 2.18. The van der Waals surface area contributed by atoms with Gasteiger partial charge >= 0.3 is 5.97 Å². The van der Waals surface area contributed by atoms with Gasteiger partial charge in [-0.2, -0.15) is 0 Å². The number of halogens is 2. The maximum Gasteiger partial charge on any atom is 0.335 e. The van der Waals surface area contributed by atoms with Gasteiger partial charge < -0.3 is 14.8 Å². The third-order valence-electron chi connectivity index (χ3n) is 2.74. The van der Waals surface area contributed by atoms with E-state index in [1.54, 1.807) is 0 Å². The summed E-state index contributed by atoms with van der Waals surface area (Å²) in [4.78, 5) is 23.0. The zero-order valence-corrected chi connectivity index (χ0v) is 11.3. The Balaban J connectivity index is 1.81. The Hall–Kier alpha value is -1.66. The molecule has 1 atom stereocenters. The van der Waals surface area contributed by atoms with Crippen LogP contribution in [0.4, 0.5) is 10.1 Å². The lowest BCUT2D eigenvalue weighted by molar-refractivity contribution is -0.156. The zero-order chi connectivity index (χ0) is 14.5. The molecule has 20 heavy (non-hydrogen) atoms. The number of carbonyl (C=O) groups excluding carboxylic acids is 2. The van der Waals surface area contributed by atoms with E-state index in [2.05, 4.69) is 5.32 Å². The first kappa shape index (κ1) is 14.7. The number of anilines is 1. The average Bonchev–Trinajstić information content (AvgIpc) is 2.93. The van der Waals surface area contributed by atoms with E-state index in [1.807, 2.05) is 0 Å². The number of hydrogen-bond donors (Lipinski definition) is 1. The van der Waals surface area contributed by atoms with Crippen molar-refractivity contribution in [3.8, 4) is 0 Å². The van der Waals surface area contributed by atoms with E-state index in [4.69, 9.17) is 21.1 Å². The Morgan fingerprint density at radius 3 is 2.95 bits per heavy atom. The molecule has 1 aromatic carbocycles. The fraction of sp³-hybridized carbons (Fsp3) is 0.385. The molecule has 2 rings (SSSR count). The Morgan fingerprint density at radius 1 is 1.50 bits per heavy atom. The number of ether oxygens (including phenoxy) is 2. The molecule has 0 aliphatic carbocycles. The van der Waals surface area contributed by atoms with E-state index in [9.17, 15) is 14.0 Å². The molecule has 1 amide bonds. The van der Waals surface area contributed by atoms with Gasteiger partial charge in [0.25, 0.3) is 5.91 Å². The lowest BCUT2D eigenvalue weighted by atomic mass is 10.2. The van der Waals surface area contributed by atoms with Crippen LogP contribution in [0.2, 0.25) is 5.02 Å². The van der Waals surface area contributed by atoms with Crippen molar-refractivity contribution in [2.75, 3.05) is 18.5 Å². The number of hydrogen-bond acceptors (Lipinski definition) is 4. The largest absolute Gasteiger partial charge is 0.454 e. The molecule has 108 valence electrons. The smallest absolute Gasteiger partial charge is 0.335 e. The summed E-state index contributed by atoms with van der Waals surface area (Å²) >= 11 is 5.59. The summed E-state index contributed by atoms with van der Waals surface area (Å²) in [5.74, 6) is -1.86. The van der Waals surface area contributed by atoms with Crippen LogP contribution in [0.25, 0.3) is 0 Å². The quantitative estimate of drug-likeness (QED) is 0.865. The number of rotatable bonds is 4. The zero-order valence-electron chi connectivity index (χ0n) is 10.5. The number of benzene rings is 1. The molecule has 0 radical (unpaired) electrons. The summed E-state index contributed by atoms with van der Waals surface area (Å²) in [7, 11) is 0. The molecule has 0 spiro atoms. The second-order valence-corrected chi connectivity index (χ2v) is 4.72. The maximum atomic E-state index is 13.4. The molecule has 0 unspecified atom stereocenters. The molecule has 1 aliphatic heterocycles. The van der Waals surface area contributed by atoms with Gasteiger partial charge in [0.1, 0.15) is 5.82 Å². The normalized spacial score (nSPS) is 17.8. The molecule has 1 saturated heterocycles. The molecular formula is C13H13ClFNO4. The first-order chi connectivity index (χ1) is 9.56. The first-order valence-electron chi connectivity index (χ1n) is 6.09. The van der Waals surface area contributed by atoms with Gasteiger partial charge in [0.15, 0.2) is 12.7 Å². The van der Waals surface area contributed by atoms with Crippen molar-refractivity contribution in [3.63, 3.8) is 0 Å². The standard InChI is InChI=1S/C13H13ClFNO4/c14-8-3-4-10(9(15)6-8)16-12(17)7-20-13(18)11-2-1-5-19-11/h3-4,6,11H,1-2,5,7H2,(H,16,17)/t11-/m0/s1.